The number of hydrogen-bond donors (Lipinski definition) is 8. The fourth-order valence-corrected chi connectivity index (χ4v) is 6.41. The Morgan fingerprint density at radius 3 is 2.44 bits per heavy atom. The molecule has 11 N–H and O–H groups in total. The second-order valence-electron chi connectivity index (χ2n) is 10.2. The monoisotopic (exact) mass is 667 g/mol. The Labute approximate surface area is 271 Å². The molecule has 0 spiro atoms. The molecule has 0 bridgehead atoms. The zero-order valence-corrected chi connectivity index (χ0v) is 26.9. The van der Waals surface area contributed by atoms with E-state index in [-0.39, 0.29) is 37.8 Å². The largest absolute Gasteiger partial charge is 0.480 e. The van der Waals surface area contributed by atoms with Gasteiger partial charge in [0, 0.05) is 44.1 Å². The third-order valence-corrected chi connectivity index (χ3v) is 9.12. The van der Waals surface area contributed by atoms with Crippen LogP contribution in [-0.4, -0.2) is 114 Å². The van der Waals surface area contributed by atoms with Gasteiger partial charge in [0.1, 0.15) is 24.7 Å². The molecule has 1 aliphatic heterocycles. The van der Waals surface area contributed by atoms with E-state index in [1.54, 1.807) is 45.9 Å². The molecule has 1 aromatic rings. The van der Waals surface area contributed by atoms with Gasteiger partial charge in [-0.2, -0.15) is 0 Å². The summed E-state index contributed by atoms with van der Waals surface area (Å²) in [4.78, 5) is 69.3. The van der Waals surface area contributed by atoms with Gasteiger partial charge in [0.25, 0.3) is 0 Å². The Balaban J connectivity index is 2.09. The molecule has 1 aromatic carbocycles. The summed E-state index contributed by atoms with van der Waals surface area (Å²) in [5.74, 6) is -1.66. The number of nitrogens with zero attached hydrogens (tertiary/aromatic N) is 2. The lowest BCUT2D eigenvalue weighted by molar-refractivity contribution is -0.142. The summed E-state index contributed by atoms with van der Waals surface area (Å²) >= 11 is 0. The van der Waals surface area contributed by atoms with E-state index in [4.69, 9.17) is 22.3 Å². The second kappa shape index (κ2) is 21.2. The van der Waals surface area contributed by atoms with Crippen LogP contribution < -0.4 is 38.5 Å². The van der Waals surface area contributed by atoms with Crippen molar-refractivity contribution in [1.82, 2.24) is 26.2 Å². The molecule has 0 aromatic heterocycles. The van der Waals surface area contributed by atoms with Crippen LogP contribution >= 0.6 is 21.6 Å². The van der Waals surface area contributed by atoms with Crippen molar-refractivity contribution >= 4 is 57.1 Å². The minimum absolute atomic E-state index is 0.0102. The number of carbonyl (C=O) groups excluding carboxylic acids is 4. The molecule has 1 aliphatic rings. The van der Waals surface area contributed by atoms with Gasteiger partial charge in [-0.1, -0.05) is 51.9 Å². The minimum Gasteiger partial charge on any atom is -0.480 e. The zero-order chi connectivity index (χ0) is 33.0. The van der Waals surface area contributed by atoms with E-state index < -0.39 is 48.4 Å². The summed E-state index contributed by atoms with van der Waals surface area (Å²) < 4.78 is 0. The number of carboxylic acids is 1. The molecule has 45 heavy (non-hydrogen) atoms. The predicted octanol–water partition coefficient (Wildman–Crippen LogP) is -1.63. The van der Waals surface area contributed by atoms with Crippen molar-refractivity contribution in [2.75, 3.05) is 50.8 Å². The summed E-state index contributed by atoms with van der Waals surface area (Å²) in [5, 5.41) is 19.9. The Hall–Kier alpha value is -3.54. The van der Waals surface area contributed by atoms with E-state index in [2.05, 4.69) is 26.3 Å². The molecule has 4 amide bonds. The summed E-state index contributed by atoms with van der Waals surface area (Å²) in [6.07, 6.45) is 1.69. The number of nitrogens with two attached hydrogens (primary N) is 3. The summed E-state index contributed by atoms with van der Waals surface area (Å²) in [6.45, 7) is 1.15. The number of aliphatic imine (C=N–C) groups is 1. The van der Waals surface area contributed by atoms with E-state index in [0.717, 1.165) is 17.1 Å². The smallest absolute Gasteiger partial charge is 0.322 e. The topological polar surface area (TPSA) is 247 Å². The van der Waals surface area contributed by atoms with Gasteiger partial charge in [-0.25, -0.2) is 0 Å². The van der Waals surface area contributed by atoms with Crippen molar-refractivity contribution in [3.05, 3.63) is 35.9 Å². The average Bonchev–Trinajstić information content (AvgIpc) is 3.51. The van der Waals surface area contributed by atoms with Crippen LogP contribution in [-0.2, 0) is 30.4 Å². The number of carboxylic acid groups (broad SMARTS) is 1. The van der Waals surface area contributed by atoms with Crippen LogP contribution in [0.15, 0.2) is 35.3 Å². The molecule has 1 fully saturated rings. The van der Waals surface area contributed by atoms with E-state index in [1.807, 2.05) is 6.07 Å². The molecule has 15 nitrogen and oxygen atoms in total. The quantitative estimate of drug-likeness (QED) is 0.0319. The third kappa shape index (κ3) is 14.9. The van der Waals surface area contributed by atoms with Crippen molar-refractivity contribution in [2.45, 2.75) is 50.2 Å². The van der Waals surface area contributed by atoms with Gasteiger partial charge >= 0.3 is 5.97 Å². The van der Waals surface area contributed by atoms with Crippen LogP contribution in [0.2, 0.25) is 0 Å². The lowest BCUT2D eigenvalue weighted by atomic mass is 10.0. The van der Waals surface area contributed by atoms with E-state index in [1.165, 1.54) is 4.90 Å². The summed E-state index contributed by atoms with van der Waals surface area (Å²) in [6, 6.07) is 6.12. The van der Waals surface area contributed by atoms with E-state index in [0.29, 0.717) is 38.9 Å². The van der Waals surface area contributed by atoms with Gasteiger partial charge in [-0.3, -0.25) is 29.0 Å². The molecule has 3 atom stereocenters. The van der Waals surface area contributed by atoms with Crippen LogP contribution in [0.4, 0.5) is 0 Å². The standard InChI is InChI=1S/C28H45N9O6S2/c29-10-14-44-45-15-12-32-17-23(38)35-20(8-4-11-33-28(30)31)27(43)37-13-5-9-22(37)26(42)36-21(25(41)34-18-24(39)40)16-19-6-2-1-3-7-19/h1-3,6-7,20-22,32H,4-5,8-18,29H2,(H,34,41)(H,35,38)(H,36,42)(H,39,40)(H4,30,31,33)/t20-,21-,22+/m0/s1. The lowest BCUT2D eigenvalue weighted by Crippen LogP contribution is -2.57. The number of rotatable bonds is 21. The molecule has 2 rings (SSSR count). The van der Waals surface area contributed by atoms with Crippen LogP contribution in [0.3, 0.4) is 0 Å². The minimum atomic E-state index is -1.22. The van der Waals surface area contributed by atoms with Crippen molar-refractivity contribution in [3.8, 4) is 0 Å². The molecule has 17 heteroatoms. The number of carbonyl (C=O) groups is 5. The first-order valence-corrected chi connectivity index (χ1v) is 17.2. The second-order valence-corrected chi connectivity index (χ2v) is 12.9. The maximum atomic E-state index is 13.8. The highest BCUT2D eigenvalue weighted by molar-refractivity contribution is 8.76. The molecular formula is C28H45N9O6S2. The lowest BCUT2D eigenvalue weighted by Gasteiger charge is -2.30. The molecular weight excluding hydrogens is 622 g/mol. The normalized spacial score (nSPS) is 15.5. The van der Waals surface area contributed by atoms with Crippen LogP contribution in [0.1, 0.15) is 31.2 Å². The Bertz CT molecular complexity index is 1140. The molecule has 0 unspecified atom stereocenters. The highest BCUT2D eigenvalue weighted by Crippen LogP contribution is 2.21. The molecule has 0 aliphatic carbocycles. The van der Waals surface area contributed by atoms with Crippen molar-refractivity contribution < 1.29 is 29.1 Å². The number of benzene rings is 1. The predicted molar refractivity (Wildman–Crippen MR) is 176 cm³/mol. The number of nitrogens with one attached hydrogen (secondary N) is 4. The Kier molecular flexibility index (Phi) is 17.8. The number of likely N-dealkylation sites (tertiary alicyclic amines) is 1. The Morgan fingerprint density at radius 2 is 1.76 bits per heavy atom. The number of amides is 4. The molecule has 0 radical (unpaired) electrons. The molecule has 1 saturated heterocycles. The van der Waals surface area contributed by atoms with Gasteiger partial charge < -0.3 is 48.5 Å². The van der Waals surface area contributed by atoms with Gasteiger partial charge in [-0.15, -0.1) is 0 Å². The first-order chi connectivity index (χ1) is 21.6. The van der Waals surface area contributed by atoms with Crippen molar-refractivity contribution in [1.29, 1.82) is 0 Å². The Morgan fingerprint density at radius 1 is 1.02 bits per heavy atom. The molecule has 250 valence electrons. The van der Waals surface area contributed by atoms with Gasteiger partial charge in [-0.05, 0) is 31.2 Å². The van der Waals surface area contributed by atoms with Crippen LogP contribution in [0.5, 0.6) is 0 Å². The SMILES string of the molecule is NCCSSCCNCC(=O)N[C@@H](CCCN=C(N)N)C(=O)N1CCC[C@@H]1C(=O)N[C@@H](Cc1ccccc1)C(=O)NCC(=O)O. The molecule has 1 heterocycles. The first-order valence-electron chi connectivity index (χ1n) is 14.8. The average molecular weight is 668 g/mol. The van der Waals surface area contributed by atoms with E-state index >= 15 is 0 Å². The van der Waals surface area contributed by atoms with Crippen LogP contribution in [0.25, 0.3) is 0 Å². The highest BCUT2D eigenvalue weighted by atomic mass is 33.1. The maximum absolute atomic E-state index is 13.8. The fourth-order valence-electron chi connectivity index (χ4n) is 4.60. The number of aliphatic carboxylic acids is 1. The number of hydrogen-bond acceptors (Lipinski definition) is 10. The number of guanidine groups is 1. The third-order valence-electron chi connectivity index (χ3n) is 6.68. The van der Waals surface area contributed by atoms with Gasteiger partial charge in [0.15, 0.2) is 5.96 Å². The van der Waals surface area contributed by atoms with Crippen LogP contribution in [0, 0.1) is 0 Å². The van der Waals surface area contributed by atoms with Crippen molar-refractivity contribution in [3.63, 3.8) is 0 Å². The van der Waals surface area contributed by atoms with Crippen molar-refractivity contribution in [2.24, 2.45) is 22.2 Å². The van der Waals surface area contributed by atoms with Gasteiger partial charge in [0.05, 0.1) is 6.54 Å². The first kappa shape index (κ1) is 37.6. The summed E-state index contributed by atoms with van der Waals surface area (Å²) in [5.41, 5.74) is 17.1. The fraction of sp³-hybridized carbons (Fsp3) is 0.571. The molecule has 0 saturated carbocycles. The zero-order valence-electron chi connectivity index (χ0n) is 25.2. The highest BCUT2D eigenvalue weighted by Gasteiger charge is 2.38. The van der Waals surface area contributed by atoms with Gasteiger partial charge in [0.2, 0.25) is 23.6 Å². The van der Waals surface area contributed by atoms with E-state index in [9.17, 15) is 24.0 Å². The summed E-state index contributed by atoms with van der Waals surface area (Å²) in [7, 11) is 3.31. The maximum Gasteiger partial charge on any atom is 0.322 e.